The van der Waals surface area contributed by atoms with Crippen molar-refractivity contribution >= 4 is 11.6 Å². The van der Waals surface area contributed by atoms with Crippen molar-refractivity contribution in [2.24, 2.45) is 0 Å². The molecule has 2 rings (SSSR count). The Morgan fingerprint density at radius 3 is 2.94 bits per heavy atom. The second-order valence-corrected chi connectivity index (χ2v) is 4.67. The standard InChI is InChI=1S/C14H18ClN3/c1-3-18-8-7-17-14(18)10-13(16-2)11-5-4-6-12(15)9-11/h4-9,13,16H,3,10H2,1-2H3. The maximum Gasteiger partial charge on any atom is 0.110 e. The lowest BCUT2D eigenvalue weighted by atomic mass is 10.0. The number of imidazole rings is 1. The molecule has 0 aliphatic heterocycles. The molecule has 1 unspecified atom stereocenters. The predicted octanol–water partition coefficient (Wildman–Crippen LogP) is 3.06. The molecule has 0 spiro atoms. The number of hydrogen-bond acceptors (Lipinski definition) is 2. The van der Waals surface area contributed by atoms with Gasteiger partial charge in [-0.25, -0.2) is 4.98 Å². The molecule has 0 fully saturated rings. The van der Waals surface area contributed by atoms with Crippen LogP contribution in [0.5, 0.6) is 0 Å². The van der Waals surface area contributed by atoms with E-state index in [4.69, 9.17) is 11.6 Å². The molecule has 0 saturated carbocycles. The van der Waals surface area contributed by atoms with Crippen LogP contribution in [0.1, 0.15) is 24.4 Å². The topological polar surface area (TPSA) is 29.9 Å². The Balaban J connectivity index is 2.20. The number of nitrogens with one attached hydrogen (secondary N) is 1. The second kappa shape index (κ2) is 6.03. The fourth-order valence-electron chi connectivity index (χ4n) is 2.11. The molecule has 2 aromatic rings. The smallest absolute Gasteiger partial charge is 0.110 e. The highest BCUT2D eigenvalue weighted by atomic mass is 35.5. The Hall–Kier alpha value is -1.32. The highest BCUT2D eigenvalue weighted by Crippen LogP contribution is 2.20. The van der Waals surface area contributed by atoms with Crippen molar-refractivity contribution < 1.29 is 0 Å². The molecule has 0 amide bonds. The van der Waals surface area contributed by atoms with Gasteiger partial charge in [-0.15, -0.1) is 0 Å². The largest absolute Gasteiger partial charge is 0.335 e. The van der Waals surface area contributed by atoms with Crippen LogP contribution in [0.25, 0.3) is 0 Å². The summed E-state index contributed by atoms with van der Waals surface area (Å²) in [6, 6.07) is 8.20. The molecule has 96 valence electrons. The zero-order valence-corrected chi connectivity index (χ0v) is 11.5. The molecule has 4 heteroatoms. The van der Waals surface area contributed by atoms with Crippen molar-refractivity contribution in [2.45, 2.75) is 25.9 Å². The molecule has 1 atom stereocenters. The number of rotatable bonds is 5. The average Bonchev–Trinajstić information content (AvgIpc) is 2.83. The van der Waals surface area contributed by atoms with E-state index in [1.165, 1.54) is 5.56 Å². The Bertz CT molecular complexity index is 507. The molecule has 0 radical (unpaired) electrons. The number of aryl methyl sites for hydroxylation is 1. The Kier molecular flexibility index (Phi) is 4.39. The van der Waals surface area contributed by atoms with Gasteiger partial charge in [0.2, 0.25) is 0 Å². The molecule has 18 heavy (non-hydrogen) atoms. The Morgan fingerprint density at radius 1 is 1.44 bits per heavy atom. The molecule has 0 aliphatic rings. The predicted molar refractivity (Wildman–Crippen MR) is 74.9 cm³/mol. The SMILES string of the molecule is CCn1ccnc1CC(NC)c1cccc(Cl)c1. The van der Waals surface area contributed by atoms with Gasteiger partial charge in [-0.2, -0.15) is 0 Å². The van der Waals surface area contributed by atoms with Crippen LogP contribution in [0.2, 0.25) is 5.02 Å². The number of nitrogens with zero attached hydrogens (tertiary/aromatic N) is 2. The van der Waals surface area contributed by atoms with Crippen LogP contribution in [0.15, 0.2) is 36.7 Å². The Morgan fingerprint density at radius 2 is 2.28 bits per heavy atom. The van der Waals surface area contributed by atoms with Gasteiger partial charge in [0.15, 0.2) is 0 Å². The van der Waals surface area contributed by atoms with Crippen LogP contribution in [0.3, 0.4) is 0 Å². The number of likely N-dealkylation sites (N-methyl/N-ethyl adjacent to an activating group) is 1. The van der Waals surface area contributed by atoms with E-state index in [9.17, 15) is 0 Å². The summed E-state index contributed by atoms with van der Waals surface area (Å²) < 4.78 is 2.16. The van der Waals surface area contributed by atoms with E-state index in [1.54, 1.807) is 0 Å². The summed E-state index contributed by atoms with van der Waals surface area (Å²) >= 11 is 6.04. The van der Waals surface area contributed by atoms with Crippen molar-refractivity contribution in [3.05, 3.63) is 53.1 Å². The van der Waals surface area contributed by atoms with Crippen molar-refractivity contribution in [3.63, 3.8) is 0 Å². The second-order valence-electron chi connectivity index (χ2n) is 4.23. The van der Waals surface area contributed by atoms with Gasteiger partial charge in [0.1, 0.15) is 5.82 Å². The molecule has 1 heterocycles. The molecule has 1 N–H and O–H groups in total. The van der Waals surface area contributed by atoms with Gasteiger partial charge in [0.05, 0.1) is 0 Å². The van der Waals surface area contributed by atoms with E-state index in [-0.39, 0.29) is 6.04 Å². The molecule has 0 aliphatic carbocycles. The normalized spacial score (nSPS) is 12.6. The first-order chi connectivity index (χ1) is 8.74. The van der Waals surface area contributed by atoms with Gasteiger partial charge in [-0.05, 0) is 31.7 Å². The van der Waals surface area contributed by atoms with Gasteiger partial charge >= 0.3 is 0 Å². The highest BCUT2D eigenvalue weighted by Gasteiger charge is 2.13. The van der Waals surface area contributed by atoms with Crippen LogP contribution in [-0.4, -0.2) is 16.6 Å². The zero-order valence-electron chi connectivity index (χ0n) is 10.7. The molecular weight excluding hydrogens is 246 g/mol. The van der Waals surface area contributed by atoms with Crippen molar-refractivity contribution in [1.82, 2.24) is 14.9 Å². The monoisotopic (exact) mass is 263 g/mol. The number of aromatic nitrogens is 2. The lowest BCUT2D eigenvalue weighted by Gasteiger charge is -2.17. The van der Waals surface area contributed by atoms with Crippen LogP contribution in [0.4, 0.5) is 0 Å². The van der Waals surface area contributed by atoms with Crippen LogP contribution in [0, 0.1) is 0 Å². The minimum atomic E-state index is 0.233. The van der Waals surface area contributed by atoms with Crippen LogP contribution < -0.4 is 5.32 Å². The summed E-state index contributed by atoms with van der Waals surface area (Å²) in [5.41, 5.74) is 1.19. The molecule has 0 saturated heterocycles. The van der Waals surface area contributed by atoms with Crippen molar-refractivity contribution in [3.8, 4) is 0 Å². The number of halogens is 1. The average molecular weight is 264 g/mol. The minimum absolute atomic E-state index is 0.233. The fraction of sp³-hybridized carbons (Fsp3) is 0.357. The highest BCUT2D eigenvalue weighted by molar-refractivity contribution is 6.30. The van der Waals surface area contributed by atoms with Gasteiger partial charge in [0, 0.05) is 36.4 Å². The van der Waals surface area contributed by atoms with E-state index < -0.39 is 0 Å². The lowest BCUT2D eigenvalue weighted by molar-refractivity contribution is 0.553. The summed E-state index contributed by atoms with van der Waals surface area (Å²) in [5.74, 6) is 1.09. The first-order valence-electron chi connectivity index (χ1n) is 6.17. The molecule has 1 aromatic heterocycles. The quantitative estimate of drug-likeness (QED) is 0.899. The Labute approximate surface area is 113 Å². The summed E-state index contributed by atoms with van der Waals surface area (Å²) in [6.45, 7) is 3.07. The van der Waals surface area contributed by atoms with Crippen LogP contribution >= 0.6 is 11.6 Å². The van der Waals surface area contributed by atoms with Crippen LogP contribution in [-0.2, 0) is 13.0 Å². The van der Waals surface area contributed by atoms with Crippen molar-refractivity contribution in [1.29, 1.82) is 0 Å². The fourth-order valence-corrected chi connectivity index (χ4v) is 2.31. The molecule has 1 aromatic carbocycles. The first kappa shape index (κ1) is 13.1. The maximum atomic E-state index is 6.04. The van der Waals surface area contributed by atoms with E-state index in [2.05, 4.69) is 27.9 Å². The van der Waals surface area contributed by atoms with Gasteiger partial charge in [-0.3, -0.25) is 0 Å². The molecular formula is C14H18ClN3. The third-order valence-electron chi connectivity index (χ3n) is 3.13. The number of benzene rings is 1. The molecule has 3 nitrogen and oxygen atoms in total. The minimum Gasteiger partial charge on any atom is -0.335 e. The maximum absolute atomic E-state index is 6.04. The third-order valence-corrected chi connectivity index (χ3v) is 3.36. The summed E-state index contributed by atoms with van der Waals surface area (Å²) in [4.78, 5) is 4.41. The first-order valence-corrected chi connectivity index (χ1v) is 6.55. The van der Waals surface area contributed by atoms with E-state index >= 15 is 0 Å². The van der Waals surface area contributed by atoms with Gasteiger partial charge in [-0.1, -0.05) is 23.7 Å². The third kappa shape index (κ3) is 2.92. The zero-order chi connectivity index (χ0) is 13.0. The van der Waals surface area contributed by atoms with Gasteiger partial charge in [0.25, 0.3) is 0 Å². The van der Waals surface area contributed by atoms with E-state index in [1.807, 2.05) is 37.6 Å². The lowest BCUT2D eigenvalue weighted by Crippen LogP contribution is -2.20. The molecule has 0 bridgehead atoms. The summed E-state index contributed by atoms with van der Waals surface area (Å²) in [7, 11) is 1.96. The van der Waals surface area contributed by atoms with Crippen molar-refractivity contribution in [2.75, 3.05) is 7.05 Å². The summed E-state index contributed by atoms with van der Waals surface area (Å²) in [6.07, 6.45) is 4.72. The number of hydrogen-bond donors (Lipinski definition) is 1. The van der Waals surface area contributed by atoms with Gasteiger partial charge < -0.3 is 9.88 Å². The van der Waals surface area contributed by atoms with E-state index in [0.29, 0.717) is 0 Å². The summed E-state index contributed by atoms with van der Waals surface area (Å²) in [5, 5.41) is 4.09. The van der Waals surface area contributed by atoms with E-state index in [0.717, 1.165) is 23.8 Å².